The molecule has 1 aromatic carbocycles. The highest BCUT2D eigenvalue weighted by atomic mass is 32.1. The molecule has 0 aromatic heterocycles. The SMILES string of the molecule is C=CCC(C/C=C/CCC(C)c1ccc(F)c(/C=C\CC(C)C)c1)C(C)=O.CC.NS. The van der Waals surface area contributed by atoms with Crippen molar-refractivity contribution in [1.82, 2.24) is 0 Å². The second kappa shape index (κ2) is 20.3. The molecule has 31 heavy (non-hydrogen) atoms. The van der Waals surface area contributed by atoms with Crippen molar-refractivity contribution < 1.29 is 9.18 Å². The summed E-state index contributed by atoms with van der Waals surface area (Å²) < 4.78 is 14.0. The summed E-state index contributed by atoms with van der Waals surface area (Å²) in [7, 11) is 0. The van der Waals surface area contributed by atoms with E-state index in [1.54, 1.807) is 13.0 Å². The topological polar surface area (TPSA) is 43.1 Å². The summed E-state index contributed by atoms with van der Waals surface area (Å²) in [4.78, 5) is 11.5. The minimum Gasteiger partial charge on any atom is -0.300 e. The van der Waals surface area contributed by atoms with Gasteiger partial charge >= 0.3 is 0 Å². The number of carbonyl (C=O) groups is 1. The number of thiol groups is 1. The molecular formula is C27H44FNOS. The lowest BCUT2D eigenvalue weighted by molar-refractivity contribution is -0.120. The average Bonchev–Trinajstić information content (AvgIpc) is 2.76. The van der Waals surface area contributed by atoms with Gasteiger partial charge in [0.25, 0.3) is 0 Å². The zero-order valence-electron chi connectivity index (χ0n) is 20.4. The smallest absolute Gasteiger partial charge is 0.133 e. The number of nitrogens with two attached hydrogens (primary N) is 1. The van der Waals surface area contributed by atoms with E-state index in [1.807, 2.05) is 38.1 Å². The maximum absolute atomic E-state index is 14.0. The molecule has 0 bridgehead atoms. The van der Waals surface area contributed by atoms with Crippen molar-refractivity contribution in [2.45, 2.75) is 79.6 Å². The third-order valence-corrected chi connectivity index (χ3v) is 4.87. The molecule has 0 amide bonds. The van der Waals surface area contributed by atoms with Crippen molar-refractivity contribution in [3.63, 3.8) is 0 Å². The van der Waals surface area contributed by atoms with E-state index in [9.17, 15) is 9.18 Å². The molecule has 4 heteroatoms. The van der Waals surface area contributed by atoms with Crippen LogP contribution in [-0.4, -0.2) is 5.78 Å². The van der Waals surface area contributed by atoms with E-state index in [-0.39, 0.29) is 17.5 Å². The Morgan fingerprint density at radius 2 is 1.74 bits per heavy atom. The van der Waals surface area contributed by atoms with Gasteiger partial charge in [-0.05, 0) is 68.6 Å². The maximum Gasteiger partial charge on any atom is 0.133 e. The van der Waals surface area contributed by atoms with Crippen LogP contribution in [0.4, 0.5) is 4.39 Å². The van der Waals surface area contributed by atoms with Crippen LogP contribution in [0, 0.1) is 17.7 Å². The Morgan fingerprint density at radius 1 is 1.10 bits per heavy atom. The second-order valence-electron chi connectivity index (χ2n) is 7.83. The molecule has 176 valence electrons. The van der Waals surface area contributed by atoms with Gasteiger partial charge in [0, 0.05) is 11.5 Å². The molecule has 0 aliphatic heterocycles. The van der Waals surface area contributed by atoms with Gasteiger partial charge in [-0.1, -0.05) is 71.1 Å². The van der Waals surface area contributed by atoms with Crippen LogP contribution in [0.3, 0.4) is 0 Å². The van der Waals surface area contributed by atoms with Crippen molar-refractivity contribution in [2.24, 2.45) is 17.0 Å². The highest BCUT2D eigenvalue weighted by Gasteiger charge is 2.10. The first-order chi connectivity index (χ1) is 14.8. The lowest BCUT2D eigenvalue weighted by Crippen LogP contribution is -2.08. The number of carbonyl (C=O) groups excluding carboxylic acids is 1. The summed E-state index contributed by atoms with van der Waals surface area (Å²) in [6.45, 7) is 15.9. The molecule has 2 unspecified atom stereocenters. The number of benzene rings is 1. The largest absolute Gasteiger partial charge is 0.300 e. The monoisotopic (exact) mass is 449 g/mol. The maximum atomic E-state index is 14.0. The van der Waals surface area contributed by atoms with E-state index in [0.29, 0.717) is 17.4 Å². The molecule has 1 rings (SSSR count). The van der Waals surface area contributed by atoms with Crippen LogP contribution < -0.4 is 5.14 Å². The molecular weight excluding hydrogens is 405 g/mol. The van der Waals surface area contributed by atoms with Gasteiger partial charge in [-0.3, -0.25) is 9.93 Å². The zero-order chi connectivity index (χ0) is 24.2. The summed E-state index contributed by atoms with van der Waals surface area (Å²) in [6.07, 6.45) is 14.4. The van der Waals surface area contributed by atoms with Gasteiger partial charge < -0.3 is 0 Å². The Labute approximate surface area is 196 Å². The first-order valence-electron chi connectivity index (χ1n) is 11.3. The minimum atomic E-state index is -0.164. The first-order valence-corrected chi connectivity index (χ1v) is 11.8. The predicted molar refractivity (Wildman–Crippen MR) is 140 cm³/mol. The van der Waals surface area contributed by atoms with Gasteiger partial charge in [0.1, 0.15) is 11.6 Å². The zero-order valence-corrected chi connectivity index (χ0v) is 21.3. The lowest BCUT2D eigenvalue weighted by Gasteiger charge is -2.12. The second-order valence-corrected chi connectivity index (χ2v) is 7.83. The van der Waals surface area contributed by atoms with Crippen LogP contribution in [0.2, 0.25) is 0 Å². The highest BCUT2D eigenvalue weighted by molar-refractivity contribution is 7.77. The van der Waals surface area contributed by atoms with Crippen LogP contribution in [-0.2, 0) is 4.79 Å². The molecule has 2 nitrogen and oxygen atoms in total. The fraction of sp³-hybridized carbons (Fsp3) is 0.519. The molecule has 2 atom stereocenters. The van der Waals surface area contributed by atoms with E-state index < -0.39 is 0 Å². The minimum absolute atomic E-state index is 0.0495. The molecule has 0 saturated heterocycles. The number of rotatable bonds is 12. The fourth-order valence-corrected chi connectivity index (χ4v) is 2.98. The summed E-state index contributed by atoms with van der Waals surface area (Å²) in [6, 6.07) is 5.43. The Morgan fingerprint density at radius 3 is 2.29 bits per heavy atom. The molecule has 0 radical (unpaired) electrons. The summed E-state index contributed by atoms with van der Waals surface area (Å²) in [5.74, 6) is 1.05. The van der Waals surface area contributed by atoms with E-state index in [1.165, 1.54) is 5.56 Å². The van der Waals surface area contributed by atoms with Gasteiger partial charge in [-0.15, -0.1) is 19.4 Å². The molecule has 0 saturated carbocycles. The Kier molecular flexibility index (Phi) is 20.6. The van der Waals surface area contributed by atoms with Crippen molar-refractivity contribution >= 4 is 24.7 Å². The summed E-state index contributed by atoms with van der Waals surface area (Å²) >= 11 is 3.03. The molecule has 2 N–H and O–H groups in total. The third-order valence-electron chi connectivity index (χ3n) is 4.87. The first kappa shape index (κ1) is 31.5. The number of hydrogen-bond acceptors (Lipinski definition) is 3. The van der Waals surface area contributed by atoms with Crippen molar-refractivity contribution in [3.8, 4) is 0 Å². The molecule has 0 fully saturated rings. The van der Waals surface area contributed by atoms with E-state index >= 15 is 0 Å². The van der Waals surface area contributed by atoms with Gasteiger partial charge in [0.05, 0.1) is 0 Å². The molecule has 1 aromatic rings. The lowest BCUT2D eigenvalue weighted by atomic mass is 9.93. The van der Waals surface area contributed by atoms with Gasteiger partial charge in [-0.25, -0.2) is 4.39 Å². The number of Topliss-reactive ketones (excluding diaryl/α,β-unsaturated/α-hetero) is 1. The number of hydrogen-bond donors (Lipinski definition) is 2. The molecule has 0 aliphatic rings. The fourth-order valence-electron chi connectivity index (χ4n) is 2.98. The summed E-state index contributed by atoms with van der Waals surface area (Å²) in [5, 5.41) is 4.19. The number of halogens is 1. The number of ketones is 1. The van der Waals surface area contributed by atoms with Gasteiger partial charge in [0.2, 0.25) is 0 Å². The van der Waals surface area contributed by atoms with E-state index in [4.69, 9.17) is 0 Å². The average molecular weight is 450 g/mol. The van der Waals surface area contributed by atoms with E-state index in [0.717, 1.165) is 32.1 Å². The third kappa shape index (κ3) is 14.9. The van der Waals surface area contributed by atoms with Crippen molar-refractivity contribution in [3.05, 3.63) is 66.0 Å². The normalized spacial score (nSPS) is 12.7. The standard InChI is InChI=1S/C25H35FO.C2H6.H3NS/c1-6-11-22(21(5)27)14-9-7-8-13-20(4)23-16-17-25(26)24(18-23)15-10-12-19(2)3;2*1-2/h6-7,9-10,15-20,22H,1,8,11-14H2,2-5H3;1-2H3;2H,1H2/b9-7+,15-10-;;. The van der Waals surface area contributed by atoms with Gasteiger partial charge in [-0.2, -0.15) is 0 Å². The molecule has 0 heterocycles. The predicted octanol–water partition coefficient (Wildman–Crippen LogP) is 8.31. The Hall–Kier alpha value is -1.65. The van der Waals surface area contributed by atoms with Crippen LogP contribution in [0.5, 0.6) is 0 Å². The van der Waals surface area contributed by atoms with Crippen LogP contribution in [0.15, 0.2) is 49.1 Å². The highest BCUT2D eigenvalue weighted by Crippen LogP contribution is 2.24. The summed E-state index contributed by atoms with van der Waals surface area (Å²) in [5.41, 5.74) is 1.84. The molecule has 0 aliphatic carbocycles. The quantitative estimate of drug-likeness (QED) is 0.249. The number of allylic oxidation sites excluding steroid dienone is 4. The molecule has 0 spiro atoms. The van der Waals surface area contributed by atoms with Crippen LogP contribution >= 0.6 is 12.8 Å². The van der Waals surface area contributed by atoms with Crippen LogP contribution in [0.25, 0.3) is 6.08 Å². The van der Waals surface area contributed by atoms with Gasteiger partial charge in [0.15, 0.2) is 0 Å². The van der Waals surface area contributed by atoms with Crippen molar-refractivity contribution in [2.75, 3.05) is 0 Å². The van der Waals surface area contributed by atoms with Crippen molar-refractivity contribution in [1.29, 1.82) is 0 Å². The Balaban J connectivity index is 0. The Bertz CT molecular complexity index is 667. The van der Waals surface area contributed by atoms with Crippen LogP contribution in [0.1, 0.15) is 90.7 Å². The van der Waals surface area contributed by atoms with E-state index in [2.05, 4.69) is 63.5 Å².